The quantitative estimate of drug-likeness (QED) is 0.860. The van der Waals surface area contributed by atoms with E-state index in [1.165, 1.54) is 13.2 Å². The van der Waals surface area contributed by atoms with E-state index < -0.39 is 17.8 Å². The number of ether oxygens (including phenoxy) is 1. The largest absolute Gasteiger partial charge is 0.469 e. The van der Waals surface area contributed by atoms with Gasteiger partial charge in [0.2, 0.25) is 0 Å². The van der Waals surface area contributed by atoms with Crippen LogP contribution in [0.1, 0.15) is 18.0 Å². The van der Waals surface area contributed by atoms with E-state index in [9.17, 15) is 9.18 Å². The molecule has 3 nitrogen and oxygen atoms in total. The van der Waals surface area contributed by atoms with Gasteiger partial charge in [0, 0.05) is 16.1 Å². The molecule has 0 aliphatic carbocycles. The Morgan fingerprint density at radius 2 is 2.33 bits per heavy atom. The van der Waals surface area contributed by atoms with Gasteiger partial charge in [-0.15, -0.1) is 0 Å². The highest BCUT2D eigenvalue weighted by Gasteiger charge is 2.18. The van der Waals surface area contributed by atoms with Crippen LogP contribution in [-0.4, -0.2) is 13.1 Å². The number of carbonyl (C=O) groups excluding carboxylic acids is 1. The van der Waals surface area contributed by atoms with Gasteiger partial charge in [-0.05, 0) is 12.1 Å². The van der Waals surface area contributed by atoms with Crippen LogP contribution in [0.4, 0.5) is 4.39 Å². The number of methoxy groups -OCH3 is 1. The molecule has 1 rings (SSSR count). The van der Waals surface area contributed by atoms with E-state index in [2.05, 4.69) is 20.7 Å². The first kappa shape index (κ1) is 12.1. The third kappa shape index (κ3) is 3.00. The molecule has 0 radical (unpaired) electrons. The van der Waals surface area contributed by atoms with Crippen molar-refractivity contribution in [2.24, 2.45) is 5.73 Å². The highest BCUT2D eigenvalue weighted by atomic mass is 79.9. The average Bonchev–Trinajstić information content (AvgIpc) is 2.17. The summed E-state index contributed by atoms with van der Waals surface area (Å²) < 4.78 is 18.4. The summed E-state index contributed by atoms with van der Waals surface area (Å²) in [6.45, 7) is 0. The Bertz CT molecular complexity index is 350. The van der Waals surface area contributed by atoms with E-state index in [4.69, 9.17) is 5.73 Å². The van der Waals surface area contributed by atoms with Gasteiger partial charge in [0.15, 0.2) is 0 Å². The summed E-state index contributed by atoms with van der Waals surface area (Å²) in [5, 5.41) is 0. The lowest BCUT2D eigenvalue weighted by Crippen LogP contribution is -2.18. The second-order valence-electron chi connectivity index (χ2n) is 3.02. The molecule has 0 fully saturated rings. The Morgan fingerprint density at radius 1 is 1.67 bits per heavy atom. The molecule has 1 atom stereocenters. The number of esters is 1. The van der Waals surface area contributed by atoms with Gasteiger partial charge < -0.3 is 10.5 Å². The van der Waals surface area contributed by atoms with Gasteiger partial charge in [-0.25, -0.2) is 4.39 Å². The van der Waals surface area contributed by atoms with E-state index in [0.29, 0.717) is 10.0 Å². The summed E-state index contributed by atoms with van der Waals surface area (Å²) >= 11 is 3.19. The minimum atomic E-state index is -0.701. The van der Waals surface area contributed by atoms with E-state index in [1.54, 1.807) is 12.1 Å². The van der Waals surface area contributed by atoms with Crippen molar-refractivity contribution in [3.8, 4) is 0 Å². The molecule has 0 saturated heterocycles. The van der Waals surface area contributed by atoms with Crippen molar-refractivity contribution in [1.82, 2.24) is 0 Å². The number of rotatable bonds is 3. The van der Waals surface area contributed by atoms with Crippen molar-refractivity contribution < 1.29 is 13.9 Å². The van der Waals surface area contributed by atoms with Gasteiger partial charge >= 0.3 is 5.97 Å². The fourth-order valence-electron chi connectivity index (χ4n) is 1.23. The lowest BCUT2D eigenvalue weighted by Gasteiger charge is -2.13. The molecule has 2 N–H and O–H groups in total. The van der Waals surface area contributed by atoms with Crippen LogP contribution in [0.15, 0.2) is 22.7 Å². The van der Waals surface area contributed by atoms with Gasteiger partial charge in [0.25, 0.3) is 0 Å². The maximum atomic E-state index is 13.4. The van der Waals surface area contributed by atoms with Crippen molar-refractivity contribution in [2.75, 3.05) is 7.11 Å². The number of hydrogen-bond acceptors (Lipinski definition) is 3. The molecule has 1 aromatic carbocycles. The van der Waals surface area contributed by atoms with E-state index in [1.807, 2.05) is 0 Å². The molecule has 0 unspecified atom stereocenters. The molecule has 0 amide bonds. The van der Waals surface area contributed by atoms with Crippen LogP contribution in [0.3, 0.4) is 0 Å². The van der Waals surface area contributed by atoms with Crippen molar-refractivity contribution >= 4 is 21.9 Å². The van der Waals surface area contributed by atoms with Gasteiger partial charge in [-0.1, -0.05) is 22.0 Å². The maximum absolute atomic E-state index is 13.4. The van der Waals surface area contributed by atoms with Gasteiger partial charge in [0.1, 0.15) is 5.82 Å². The first-order chi connectivity index (χ1) is 7.06. The molecular formula is C10H11BrFNO2. The van der Waals surface area contributed by atoms with Gasteiger partial charge in [-0.2, -0.15) is 0 Å². The summed E-state index contributed by atoms with van der Waals surface area (Å²) in [5.74, 6) is -0.890. The number of halogens is 2. The number of carbonyl (C=O) groups is 1. The van der Waals surface area contributed by atoms with Crippen LogP contribution in [0, 0.1) is 5.82 Å². The smallest absolute Gasteiger partial charge is 0.307 e. The minimum Gasteiger partial charge on any atom is -0.469 e. The third-order valence-corrected chi connectivity index (χ3v) is 2.68. The topological polar surface area (TPSA) is 52.3 Å². The summed E-state index contributed by atoms with van der Waals surface area (Å²) in [6, 6.07) is 3.84. The Morgan fingerprint density at radius 3 is 2.87 bits per heavy atom. The third-order valence-electron chi connectivity index (χ3n) is 1.98. The molecule has 0 aromatic heterocycles. The Hall–Kier alpha value is -0.940. The zero-order valence-corrected chi connectivity index (χ0v) is 9.75. The molecule has 1 aromatic rings. The van der Waals surface area contributed by atoms with Gasteiger partial charge in [-0.3, -0.25) is 4.79 Å². The first-order valence-corrected chi connectivity index (χ1v) is 5.12. The molecule has 0 bridgehead atoms. The lowest BCUT2D eigenvalue weighted by molar-refractivity contribution is -0.141. The monoisotopic (exact) mass is 275 g/mol. The van der Waals surface area contributed by atoms with Crippen LogP contribution in [-0.2, 0) is 9.53 Å². The molecule has 0 aliphatic heterocycles. The average molecular weight is 276 g/mol. The molecule has 82 valence electrons. The number of benzene rings is 1. The predicted octanol–water partition coefficient (Wildman–Crippen LogP) is 2.15. The fourth-order valence-corrected chi connectivity index (χ4v) is 1.87. The molecule has 5 heteroatoms. The number of nitrogens with two attached hydrogens (primary N) is 1. The molecule has 15 heavy (non-hydrogen) atoms. The van der Waals surface area contributed by atoms with Gasteiger partial charge in [0.05, 0.1) is 13.5 Å². The molecule has 0 spiro atoms. The summed E-state index contributed by atoms with van der Waals surface area (Å²) in [6.07, 6.45) is -0.0456. The Balaban J connectivity index is 2.90. The van der Waals surface area contributed by atoms with Crippen molar-refractivity contribution in [1.29, 1.82) is 0 Å². The standard InChI is InChI=1S/C10H11BrFNO2/c1-15-9(14)5-8(13)10-6(11)3-2-4-7(10)12/h2-4,8H,5,13H2,1H3/t8-/m0/s1. The summed E-state index contributed by atoms with van der Waals surface area (Å²) in [7, 11) is 1.27. The summed E-state index contributed by atoms with van der Waals surface area (Å²) in [4.78, 5) is 11.0. The molecular weight excluding hydrogens is 265 g/mol. The normalized spacial score (nSPS) is 12.3. The first-order valence-electron chi connectivity index (χ1n) is 4.32. The van der Waals surface area contributed by atoms with E-state index in [-0.39, 0.29) is 6.42 Å². The lowest BCUT2D eigenvalue weighted by atomic mass is 10.0. The number of hydrogen-bond donors (Lipinski definition) is 1. The Labute approximate surface area is 95.5 Å². The van der Waals surface area contributed by atoms with Crippen LogP contribution in [0.5, 0.6) is 0 Å². The van der Waals surface area contributed by atoms with Crippen LogP contribution in [0.2, 0.25) is 0 Å². The SMILES string of the molecule is COC(=O)C[C@H](N)c1c(F)cccc1Br. The second-order valence-corrected chi connectivity index (χ2v) is 3.88. The van der Waals surface area contributed by atoms with Crippen LogP contribution >= 0.6 is 15.9 Å². The van der Waals surface area contributed by atoms with Crippen molar-refractivity contribution in [2.45, 2.75) is 12.5 Å². The maximum Gasteiger partial charge on any atom is 0.307 e. The zero-order valence-electron chi connectivity index (χ0n) is 8.17. The summed E-state index contributed by atoms with van der Waals surface area (Å²) in [5.41, 5.74) is 6.00. The highest BCUT2D eigenvalue weighted by molar-refractivity contribution is 9.10. The van der Waals surface area contributed by atoms with Crippen molar-refractivity contribution in [3.05, 3.63) is 34.1 Å². The predicted molar refractivity (Wildman–Crippen MR) is 57.7 cm³/mol. The molecule has 0 heterocycles. The van der Waals surface area contributed by atoms with Crippen LogP contribution < -0.4 is 5.73 Å². The molecule has 0 aliphatic rings. The van der Waals surface area contributed by atoms with E-state index in [0.717, 1.165) is 0 Å². The fraction of sp³-hybridized carbons (Fsp3) is 0.300. The zero-order chi connectivity index (χ0) is 11.4. The van der Waals surface area contributed by atoms with E-state index >= 15 is 0 Å². The Kier molecular flexibility index (Phi) is 4.23. The van der Waals surface area contributed by atoms with Crippen molar-refractivity contribution in [3.63, 3.8) is 0 Å². The molecule has 0 saturated carbocycles. The highest BCUT2D eigenvalue weighted by Crippen LogP contribution is 2.26. The van der Waals surface area contributed by atoms with Crippen LogP contribution in [0.25, 0.3) is 0 Å². The minimum absolute atomic E-state index is 0.0456. The second kappa shape index (κ2) is 5.23.